The predicted molar refractivity (Wildman–Crippen MR) is 104 cm³/mol. The lowest BCUT2D eigenvalue weighted by Crippen LogP contribution is -2.52. The van der Waals surface area contributed by atoms with Crippen LogP contribution in [0.25, 0.3) is 0 Å². The van der Waals surface area contributed by atoms with Crippen molar-refractivity contribution >= 4 is 6.09 Å². The van der Waals surface area contributed by atoms with Gasteiger partial charge in [-0.15, -0.1) is 0 Å². The summed E-state index contributed by atoms with van der Waals surface area (Å²) in [6.07, 6.45) is 1.97. The molecule has 0 aliphatic carbocycles. The molecule has 1 amide bonds. The predicted octanol–water partition coefficient (Wildman–Crippen LogP) is 4.04. The molecule has 2 aromatic carbocycles. The van der Waals surface area contributed by atoms with Crippen molar-refractivity contribution < 1.29 is 19.0 Å². The highest BCUT2D eigenvalue weighted by atomic mass is 19.1. The Morgan fingerprint density at radius 1 is 1.21 bits per heavy atom. The van der Waals surface area contributed by atoms with Crippen molar-refractivity contribution in [2.45, 2.75) is 56.4 Å². The van der Waals surface area contributed by atoms with Gasteiger partial charge in [0.25, 0.3) is 0 Å². The summed E-state index contributed by atoms with van der Waals surface area (Å²) in [5.74, 6) is -0.441. The third kappa shape index (κ3) is 3.83. The van der Waals surface area contributed by atoms with Gasteiger partial charge in [0.15, 0.2) is 0 Å². The summed E-state index contributed by atoms with van der Waals surface area (Å²) in [5, 5.41) is 20.2. The Morgan fingerprint density at radius 3 is 2.55 bits per heavy atom. The van der Waals surface area contributed by atoms with Crippen LogP contribution in [-0.2, 0) is 23.4 Å². The van der Waals surface area contributed by atoms with Crippen LogP contribution in [-0.4, -0.2) is 28.2 Å². The number of ether oxygens (including phenoxy) is 1. The standard InChI is InChI=1S/C23H23FN2O3/c24-21-9-6-18(12-17(21)10-11-25)23(28)13-19-7-8-20(14-23)26(19)22(27)29-15-16-4-2-1-3-5-16/h1-6,9,12,19-20,28H,7-8,10,13-15H2. The van der Waals surface area contributed by atoms with E-state index >= 15 is 0 Å². The molecule has 5 nitrogen and oxygen atoms in total. The largest absolute Gasteiger partial charge is 0.445 e. The number of hydrogen-bond acceptors (Lipinski definition) is 4. The Bertz CT molecular complexity index is 927. The molecule has 150 valence electrons. The van der Waals surface area contributed by atoms with Gasteiger partial charge in [-0.3, -0.25) is 0 Å². The first-order valence-electron chi connectivity index (χ1n) is 9.87. The van der Waals surface area contributed by atoms with Crippen LogP contribution in [0.5, 0.6) is 0 Å². The molecule has 2 saturated heterocycles. The molecule has 0 aromatic heterocycles. The minimum absolute atomic E-state index is 0.0411. The van der Waals surface area contributed by atoms with Crippen LogP contribution in [0.3, 0.4) is 0 Å². The fourth-order valence-corrected chi connectivity index (χ4v) is 4.64. The van der Waals surface area contributed by atoms with Crippen LogP contribution < -0.4 is 0 Å². The second-order valence-electron chi connectivity index (χ2n) is 7.91. The van der Waals surface area contributed by atoms with Crippen molar-refractivity contribution in [2.75, 3.05) is 0 Å². The third-order valence-electron chi connectivity index (χ3n) is 6.04. The smallest absolute Gasteiger partial charge is 0.410 e. The van der Waals surface area contributed by atoms with E-state index in [1.54, 1.807) is 17.0 Å². The van der Waals surface area contributed by atoms with Crippen LogP contribution >= 0.6 is 0 Å². The lowest BCUT2D eigenvalue weighted by Gasteiger charge is -2.43. The maximum atomic E-state index is 13.9. The van der Waals surface area contributed by atoms with Crippen molar-refractivity contribution in [3.63, 3.8) is 0 Å². The van der Waals surface area contributed by atoms with E-state index < -0.39 is 11.4 Å². The molecule has 0 spiro atoms. The molecule has 2 aliphatic heterocycles. The summed E-state index contributed by atoms with van der Waals surface area (Å²) >= 11 is 0. The summed E-state index contributed by atoms with van der Waals surface area (Å²) in [4.78, 5) is 14.5. The third-order valence-corrected chi connectivity index (χ3v) is 6.04. The van der Waals surface area contributed by atoms with E-state index in [1.165, 1.54) is 6.07 Å². The van der Waals surface area contributed by atoms with Crippen LogP contribution in [0.1, 0.15) is 42.4 Å². The zero-order valence-corrected chi connectivity index (χ0v) is 16.1. The van der Waals surface area contributed by atoms with Gasteiger partial charge in [-0.05, 0) is 36.1 Å². The number of hydrogen-bond donors (Lipinski definition) is 1. The summed E-state index contributed by atoms with van der Waals surface area (Å²) in [5.41, 5.74) is 0.687. The number of carbonyl (C=O) groups excluding carboxylic acids is 1. The van der Waals surface area contributed by atoms with E-state index in [2.05, 4.69) is 0 Å². The van der Waals surface area contributed by atoms with Crippen molar-refractivity contribution in [1.82, 2.24) is 4.90 Å². The molecule has 4 rings (SSSR count). The number of benzene rings is 2. The molecule has 6 heteroatoms. The van der Waals surface area contributed by atoms with Gasteiger partial charge in [-0.1, -0.05) is 36.4 Å². The zero-order valence-electron chi connectivity index (χ0n) is 16.1. The van der Waals surface area contributed by atoms with Crippen molar-refractivity contribution in [3.05, 3.63) is 71.0 Å². The molecule has 2 atom stereocenters. The Labute approximate surface area is 169 Å². The number of aliphatic hydroxyl groups is 1. The number of piperidine rings is 1. The van der Waals surface area contributed by atoms with E-state index in [0.717, 1.165) is 18.4 Å². The van der Waals surface area contributed by atoms with E-state index in [9.17, 15) is 14.3 Å². The Hall–Kier alpha value is -2.91. The fourth-order valence-electron chi connectivity index (χ4n) is 4.64. The first kappa shape index (κ1) is 19.4. The minimum atomic E-state index is -1.14. The molecular formula is C23H23FN2O3. The number of rotatable bonds is 4. The van der Waals surface area contributed by atoms with Crippen LogP contribution in [0.4, 0.5) is 9.18 Å². The minimum Gasteiger partial charge on any atom is -0.445 e. The van der Waals surface area contributed by atoms with Crippen LogP contribution in [0.15, 0.2) is 48.5 Å². The quantitative estimate of drug-likeness (QED) is 0.849. The first-order valence-corrected chi connectivity index (χ1v) is 9.87. The molecule has 2 aliphatic rings. The van der Waals surface area contributed by atoms with Crippen molar-refractivity contribution in [1.29, 1.82) is 5.26 Å². The molecule has 1 N–H and O–H groups in total. The van der Waals surface area contributed by atoms with Gasteiger partial charge < -0.3 is 14.7 Å². The normalized spacial score (nSPS) is 25.5. The van der Waals surface area contributed by atoms with Crippen molar-refractivity contribution in [2.24, 2.45) is 0 Å². The highest BCUT2D eigenvalue weighted by Crippen LogP contribution is 2.46. The van der Waals surface area contributed by atoms with Gasteiger partial charge in [0, 0.05) is 30.5 Å². The summed E-state index contributed by atoms with van der Waals surface area (Å²) in [6, 6.07) is 15.7. The number of amides is 1. The average Bonchev–Trinajstić information content (AvgIpc) is 3.00. The molecule has 0 saturated carbocycles. The van der Waals surface area contributed by atoms with Gasteiger partial charge in [-0.2, -0.15) is 5.26 Å². The Morgan fingerprint density at radius 2 is 1.90 bits per heavy atom. The second kappa shape index (κ2) is 7.84. The average molecular weight is 394 g/mol. The van der Waals surface area contributed by atoms with Crippen molar-refractivity contribution in [3.8, 4) is 6.07 Å². The van der Waals surface area contributed by atoms with Gasteiger partial charge >= 0.3 is 6.09 Å². The second-order valence-corrected chi connectivity index (χ2v) is 7.91. The monoisotopic (exact) mass is 394 g/mol. The van der Waals surface area contributed by atoms with Crippen LogP contribution in [0.2, 0.25) is 0 Å². The summed E-state index contributed by atoms with van der Waals surface area (Å²) in [7, 11) is 0. The molecule has 2 unspecified atom stereocenters. The highest BCUT2D eigenvalue weighted by Gasteiger charge is 2.50. The number of halogens is 1. The SMILES string of the molecule is N#CCc1cc(C2(O)CC3CCC(C2)N3C(=O)OCc2ccccc2)ccc1F. The lowest BCUT2D eigenvalue weighted by atomic mass is 9.80. The summed E-state index contributed by atoms with van der Waals surface area (Å²) in [6.45, 7) is 0.218. The number of fused-ring (bicyclic) bond motifs is 2. The van der Waals surface area contributed by atoms with E-state index in [-0.39, 0.29) is 36.8 Å². The topological polar surface area (TPSA) is 73.6 Å². The maximum absolute atomic E-state index is 13.9. The number of nitrogens with zero attached hydrogens (tertiary/aromatic N) is 2. The first-order chi connectivity index (χ1) is 14.0. The molecule has 2 aromatic rings. The van der Waals surface area contributed by atoms with Crippen LogP contribution in [0, 0.1) is 17.1 Å². The summed E-state index contributed by atoms with van der Waals surface area (Å²) < 4.78 is 19.4. The molecule has 0 radical (unpaired) electrons. The molecule has 2 fully saturated rings. The number of nitriles is 1. The van der Waals surface area contributed by atoms with Gasteiger partial charge in [0.05, 0.1) is 18.1 Å². The van der Waals surface area contributed by atoms with Gasteiger partial charge in [0.1, 0.15) is 12.4 Å². The lowest BCUT2D eigenvalue weighted by molar-refractivity contribution is -0.0537. The maximum Gasteiger partial charge on any atom is 0.410 e. The number of carbonyl (C=O) groups is 1. The van der Waals surface area contributed by atoms with Gasteiger partial charge in [0.2, 0.25) is 0 Å². The van der Waals surface area contributed by atoms with E-state index in [0.29, 0.717) is 18.4 Å². The van der Waals surface area contributed by atoms with Gasteiger partial charge in [-0.25, -0.2) is 9.18 Å². The highest BCUT2D eigenvalue weighted by molar-refractivity contribution is 5.69. The molecule has 29 heavy (non-hydrogen) atoms. The Kier molecular flexibility index (Phi) is 5.25. The van der Waals surface area contributed by atoms with E-state index in [4.69, 9.17) is 10.00 Å². The molecule has 2 heterocycles. The fraction of sp³-hybridized carbons (Fsp3) is 0.391. The Balaban J connectivity index is 1.48. The van der Waals surface area contributed by atoms with E-state index in [1.807, 2.05) is 36.4 Å². The zero-order chi connectivity index (χ0) is 20.4. The molecular weight excluding hydrogens is 371 g/mol. The molecule has 2 bridgehead atoms.